The van der Waals surface area contributed by atoms with E-state index < -0.39 is 0 Å². The van der Waals surface area contributed by atoms with Crippen LogP contribution >= 0.6 is 0 Å². The largest absolute Gasteiger partial charge is 0.383 e. The van der Waals surface area contributed by atoms with E-state index in [4.69, 9.17) is 4.74 Å². The number of nitrogens with one attached hydrogen (secondary N) is 1. The summed E-state index contributed by atoms with van der Waals surface area (Å²) in [5.74, 6) is 0.565. The first-order valence-electron chi connectivity index (χ1n) is 6.20. The number of hydrogen-bond acceptors (Lipinski definition) is 3. The summed E-state index contributed by atoms with van der Waals surface area (Å²) in [4.78, 5) is 4.27. The first-order chi connectivity index (χ1) is 9.19. The van der Waals surface area contributed by atoms with E-state index in [0.29, 0.717) is 13.2 Å². The van der Waals surface area contributed by atoms with Gasteiger partial charge in [0.1, 0.15) is 5.82 Å². The van der Waals surface area contributed by atoms with Crippen LogP contribution in [0.25, 0.3) is 0 Å². The molecule has 0 amide bonds. The number of rotatable bonds is 6. The lowest BCUT2D eigenvalue weighted by atomic mass is 10.2. The van der Waals surface area contributed by atoms with Crippen molar-refractivity contribution in [1.29, 1.82) is 0 Å². The van der Waals surface area contributed by atoms with Crippen LogP contribution in [0.5, 0.6) is 0 Å². The molecule has 2 aromatic rings. The van der Waals surface area contributed by atoms with Gasteiger partial charge in [0.05, 0.1) is 13.2 Å². The Morgan fingerprint density at radius 2 is 2.11 bits per heavy atom. The van der Waals surface area contributed by atoms with Gasteiger partial charge in [-0.15, -0.1) is 0 Å². The van der Waals surface area contributed by atoms with E-state index in [-0.39, 0.29) is 11.9 Å². The lowest BCUT2D eigenvalue weighted by molar-refractivity contribution is 0.190. The van der Waals surface area contributed by atoms with Crippen molar-refractivity contribution in [3.63, 3.8) is 0 Å². The number of ether oxygens (including phenoxy) is 1. The second-order valence-electron chi connectivity index (χ2n) is 4.51. The molecule has 1 atom stereocenters. The summed E-state index contributed by atoms with van der Waals surface area (Å²) in [7, 11) is 1.67. The van der Waals surface area contributed by atoms with E-state index in [9.17, 15) is 4.39 Å². The van der Waals surface area contributed by atoms with Crippen LogP contribution < -0.4 is 5.32 Å². The Morgan fingerprint density at radius 1 is 1.37 bits per heavy atom. The molecule has 0 spiro atoms. The van der Waals surface area contributed by atoms with Crippen molar-refractivity contribution >= 4 is 5.95 Å². The van der Waals surface area contributed by atoms with E-state index in [1.54, 1.807) is 25.4 Å². The van der Waals surface area contributed by atoms with E-state index >= 15 is 0 Å². The van der Waals surface area contributed by atoms with Crippen LogP contribution in [-0.2, 0) is 11.3 Å². The number of nitrogens with zero attached hydrogens (tertiary/aromatic N) is 2. The van der Waals surface area contributed by atoms with Gasteiger partial charge < -0.3 is 14.6 Å². The summed E-state index contributed by atoms with van der Waals surface area (Å²) in [5, 5.41) is 3.28. The number of anilines is 1. The van der Waals surface area contributed by atoms with Gasteiger partial charge in [0.2, 0.25) is 5.95 Å². The van der Waals surface area contributed by atoms with Crippen molar-refractivity contribution in [2.45, 2.75) is 19.5 Å². The third-order valence-electron chi connectivity index (χ3n) is 2.77. The summed E-state index contributed by atoms with van der Waals surface area (Å²) < 4.78 is 19.9. The Balaban J connectivity index is 2.05. The first kappa shape index (κ1) is 13.5. The average Bonchev–Trinajstić information content (AvgIpc) is 2.80. The fraction of sp³-hybridized carbons (Fsp3) is 0.357. The molecule has 0 aliphatic carbocycles. The monoisotopic (exact) mass is 263 g/mol. The molecule has 1 aromatic heterocycles. The second-order valence-corrected chi connectivity index (χ2v) is 4.51. The average molecular weight is 263 g/mol. The lowest BCUT2D eigenvalue weighted by Crippen LogP contribution is -2.23. The van der Waals surface area contributed by atoms with Gasteiger partial charge >= 0.3 is 0 Å². The molecule has 0 radical (unpaired) electrons. The standard InChI is InChI=1S/C14H18FN3O/c1-11(10-19-2)17-14-16-7-8-18(14)9-12-3-5-13(15)6-4-12/h3-8,11H,9-10H2,1-2H3,(H,16,17). The minimum absolute atomic E-state index is 0.180. The molecule has 0 fully saturated rings. The maximum atomic E-state index is 12.9. The quantitative estimate of drug-likeness (QED) is 0.870. The molecule has 0 bridgehead atoms. The van der Waals surface area contributed by atoms with Crippen LogP contribution in [0.4, 0.5) is 10.3 Å². The first-order valence-corrected chi connectivity index (χ1v) is 6.20. The van der Waals surface area contributed by atoms with E-state index in [2.05, 4.69) is 10.3 Å². The number of aromatic nitrogens is 2. The Hall–Kier alpha value is -1.88. The van der Waals surface area contributed by atoms with Crippen LogP contribution in [0.2, 0.25) is 0 Å². The minimum atomic E-state index is -0.221. The van der Waals surface area contributed by atoms with Crippen LogP contribution in [0.15, 0.2) is 36.7 Å². The molecule has 0 aliphatic rings. The molecule has 1 heterocycles. The summed E-state index contributed by atoms with van der Waals surface area (Å²) in [5.41, 5.74) is 1.03. The molecule has 4 nitrogen and oxygen atoms in total. The SMILES string of the molecule is COCC(C)Nc1nccn1Cc1ccc(F)cc1. The molecular formula is C14H18FN3O. The van der Waals surface area contributed by atoms with Crippen molar-refractivity contribution in [3.8, 4) is 0 Å². The highest BCUT2D eigenvalue weighted by atomic mass is 19.1. The molecule has 0 saturated heterocycles. The fourth-order valence-electron chi connectivity index (χ4n) is 1.88. The fourth-order valence-corrected chi connectivity index (χ4v) is 1.88. The highest BCUT2D eigenvalue weighted by Gasteiger charge is 2.07. The predicted octanol–water partition coefficient (Wildman–Crippen LogP) is 2.52. The number of imidazole rings is 1. The van der Waals surface area contributed by atoms with Gasteiger partial charge in [-0.3, -0.25) is 0 Å². The minimum Gasteiger partial charge on any atom is -0.383 e. The maximum absolute atomic E-state index is 12.9. The van der Waals surface area contributed by atoms with E-state index in [1.165, 1.54) is 12.1 Å². The zero-order valence-electron chi connectivity index (χ0n) is 11.1. The molecule has 102 valence electrons. The molecule has 5 heteroatoms. The normalized spacial score (nSPS) is 12.4. The summed E-state index contributed by atoms with van der Waals surface area (Å²) >= 11 is 0. The van der Waals surface area contributed by atoms with Crippen molar-refractivity contribution in [3.05, 3.63) is 48.0 Å². The Bertz CT molecular complexity index is 510. The number of halogens is 1. The second kappa shape index (κ2) is 6.33. The highest BCUT2D eigenvalue weighted by molar-refractivity contribution is 5.29. The molecule has 1 unspecified atom stereocenters. The van der Waals surface area contributed by atoms with Crippen LogP contribution in [0, 0.1) is 5.82 Å². The van der Waals surface area contributed by atoms with Crippen molar-refractivity contribution < 1.29 is 9.13 Å². The van der Waals surface area contributed by atoms with Gasteiger partial charge in [0.15, 0.2) is 0 Å². The smallest absolute Gasteiger partial charge is 0.203 e. The van der Waals surface area contributed by atoms with Crippen molar-refractivity contribution in [2.24, 2.45) is 0 Å². The zero-order chi connectivity index (χ0) is 13.7. The van der Waals surface area contributed by atoms with Gasteiger partial charge in [-0.25, -0.2) is 9.37 Å². The molecule has 1 aromatic carbocycles. The molecule has 0 saturated carbocycles. The summed E-state index contributed by atoms with van der Waals surface area (Å²) in [6, 6.07) is 6.66. The molecule has 2 rings (SSSR count). The third-order valence-corrected chi connectivity index (χ3v) is 2.77. The van der Waals surface area contributed by atoms with Gasteiger partial charge in [-0.05, 0) is 24.6 Å². The highest BCUT2D eigenvalue weighted by Crippen LogP contribution is 2.11. The topological polar surface area (TPSA) is 39.1 Å². The third kappa shape index (κ3) is 3.79. The number of hydrogen-bond donors (Lipinski definition) is 1. The summed E-state index contributed by atoms with van der Waals surface area (Å²) in [6.07, 6.45) is 3.64. The lowest BCUT2D eigenvalue weighted by Gasteiger charge is -2.15. The molecule has 0 aliphatic heterocycles. The number of benzene rings is 1. The van der Waals surface area contributed by atoms with Gasteiger partial charge in [-0.1, -0.05) is 12.1 Å². The Kier molecular flexibility index (Phi) is 4.52. The van der Waals surface area contributed by atoms with E-state index in [0.717, 1.165) is 11.5 Å². The molecule has 19 heavy (non-hydrogen) atoms. The van der Waals surface area contributed by atoms with Crippen molar-refractivity contribution in [2.75, 3.05) is 19.0 Å². The van der Waals surface area contributed by atoms with Gasteiger partial charge in [-0.2, -0.15) is 0 Å². The Morgan fingerprint density at radius 3 is 2.79 bits per heavy atom. The molecular weight excluding hydrogens is 245 g/mol. The van der Waals surface area contributed by atoms with Crippen molar-refractivity contribution in [1.82, 2.24) is 9.55 Å². The number of methoxy groups -OCH3 is 1. The zero-order valence-corrected chi connectivity index (χ0v) is 11.1. The summed E-state index contributed by atoms with van der Waals surface area (Å²) in [6.45, 7) is 3.30. The molecule has 1 N–H and O–H groups in total. The van der Waals surface area contributed by atoms with Crippen LogP contribution in [0.3, 0.4) is 0 Å². The van der Waals surface area contributed by atoms with Gasteiger partial charge in [0, 0.05) is 25.5 Å². The van der Waals surface area contributed by atoms with Gasteiger partial charge in [0.25, 0.3) is 0 Å². The predicted molar refractivity (Wildman–Crippen MR) is 72.7 cm³/mol. The van der Waals surface area contributed by atoms with E-state index in [1.807, 2.05) is 17.7 Å². The maximum Gasteiger partial charge on any atom is 0.203 e. The Labute approximate surface area is 112 Å². The van der Waals surface area contributed by atoms with Crippen LogP contribution in [0.1, 0.15) is 12.5 Å². The van der Waals surface area contributed by atoms with Crippen LogP contribution in [-0.4, -0.2) is 29.3 Å².